The second-order valence-electron chi connectivity index (χ2n) is 0. The van der Waals surface area contributed by atoms with Gasteiger partial charge in [-0.05, 0) is 0 Å². The summed E-state index contributed by atoms with van der Waals surface area (Å²) < 4.78 is 0. The molecule has 46 valence electrons. The van der Waals surface area contributed by atoms with Gasteiger partial charge in [0.15, 0.2) is 0 Å². The van der Waals surface area contributed by atoms with Crippen LogP contribution >= 0.6 is 0 Å². The minimum Gasteiger partial charge on any atom is -1.00 e. The van der Waals surface area contributed by atoms with Crippen LogP contribution in [0.2, 0.25) is 0 Å². The Kier molecular flexibility index (Phi) is 339. The second kappa shape index (κ2) is 89.0. The van der Waals surface area contributed by atoms with E-state index in [-0.39, 0.29) is 106 Å². The molecule has 0 saturated carbocycles. The van der Waals surface area contributed by atoms with E-state index in [1.807, 2.05) is 0 Å². The van der Waals surface area contributed by atoms with Gasteiger partial charge in [0, 0.05) is 0 Å². The van der Waals surface area contributed by atoms with Crippen LogP contribution in [0.25, 0.3) is 0 Å². The third-order valence-corrected chi connectivity index (χ3v) is 0. The quantitative estimate of drug-likeness (QED) is 0.126. The first-order valence-electron chi connectivity index (χ1n) is 0.600. The van der Waals surface area contributed by atoms with Gasteiger partial charge in [-0.25, -0.2) is 0 Å². The molecule has 0 heterocycles. The topological polar surface area (TPSA) is 121 Å². The van der Waals surface area contributed by atoms with Crippen LogP contribution in [-0.2, 0) is 0 Å². The molecule has 0 aromatic heterocycles. The number of hydrogen-bond donors (Lipinski definition) is 6. The molecule has 0 aromatic carbocycles. The van der Waals surface area contributed by atoms with Crippen molar-refractivity contribution in [3.63, 3.8) is 0 Å². The van der Waals surface area contributed by atoms with E-state index in [9.17, 15) is 0 Å². The number of hydrogen-bond acceptors (Lipinski definition) is 6. The summed E-state index contributed by atoms with van der Waals surface area (Å²) in [7, 11) is 0. The molecule has 8 heavy (non-hydrogen) atoms. The van der Waals surface area contributed by atoms with Crippen molar-refractivity contribution in [1.82, 2.24) is 0 Å². The zero-order valence-corrected chi connectivity index (χ0v) is 10.9. The Bertz CT molecular complexity index is 13.7. The Hall–Kier alpha value is 3.03. The first-order chi connectivity index (χ1) is 3.00. The summed E-state index contributed by atoms with van der Waals surface area (Å²) in [4.78, 5) is 0. The van der Waals surface area contributed by atoms with Gasteiger partial charge in [0.25, 0.3) is 0 Å². The maximum absolute atomic E-state index is 6.00. The van der Waals surface area contributed by atoms with Crippen LogP contribution in [0.1, 0.15) is 2.85 Å². The van der Waals surface area contributed by atoms with Crippen molar-refractivity contribution in [1.29, 1.82) is 0 Å². The van der Waals surface area contributed by atoms with Crippen molar-refractivity contribution < 1.29 is 137 Å². The van der Waals surface area contributed by atoms with Crippen LogP contribution in [0, 0.1) is 0 Å². The predicted molar refractivity (Wildman–Crippen MR) is 18.0 cm³/mol. The largest absolute Gasteiger partial charge is 1.00 e. The summed E-state index contributed by atoms with van der Waals surface area (Å²) in [6.45, 7) is 0. The molecular formula is H8K2O6. The molecule has 0 spiro atoms. The zero-order valence-electron chi connectivity index (χ0n) is 6.68. The van der Waals surface area contributed by atoms with Crippen LogP contribution in [0.5, 0.6) is 0 Å². The third-order valence-electron chi connectivity index (χ3n) is 0. The van der Waals surface area contributed by atoms with E-state index in [1.54, 1.807) is 0 Å². The molecule has 0 bridgehead atoms. The molecule has 6 N–H and O–H groups in total. The molecule has 0 saturated heterocycles. The molecule has 0 aliphatic heterocycles. The van der Waals surface area contributed by atoms with Crippen molar-refractivity contribution in [2.75, 3.05) is 0 Å². The molecule has 0 aromatic rings. The molecule has 0 aliphatic carbocycles. The van der Waals surface area contributed by atoms with Crippen LogP contribution in [0.4, 0.5) is 0 Å². The standard InChI is InChI=1S/2K.3H2O2.2H/c;;3*1-2;;/h;;3*1-2H;;/q2*+1;;;;2*-1. The molecule has 0 atom stereocenters. The fourth-order valence-corrected chi connectivity index (χ4v) is 0. The molecule has 0 amide bonds. The van der Waals surface area contributed by atoms with E-state index >= 15 is 0 Å². The summed E-state index contributed by atoms with van der Waals surface area (Å²) in [6.07, 6.45) is 0. The van der Waals surface area contributed by atoms with Crippen LogP contribution in [-0.4, -0.2) is 31.5 Å². The molecule has 8 heteroatoms. The second-order valence-corrected chi connectivity index (χ2v) is 0. The average molecular weight is 182 g/mol. The third kappa shape index (κ3) is 63.4. The first-order valence-corrected chi connectivity index (χ1v) is 0.600. The molecule has 0 rings (SSSR count). The summed E-state index contributed by atoms with van der Waals surface area (Å²) in [6, 6.07) is 0. The van der Waals surface area contributed by atoms with Crippen molar-refractivity contribution >= 4 is 0 Å². The zero-order chi connectivity index (χ0) is 6.00. The maximum atomic E-state index is 6.00. The SMILES string of the molecule is OO.OO.OO.[H-].[H-].[K+].[K+]. The van der Waals surface area contributed by atoms with E-state index < -0.39 is 0 Å². The minimum atomic E-state index is 0. The molecule has 0 unspecified atom stereocenters. The van der Waals surface area contributed by atoms with Gasteiger partial charge in [0.1, 0.15) is 0 Å². The van der Waals surface area contributed by atoms with E-state index in [0.717, 1.165) is 0 Å². The van der Waals surface area contributed by atoms with Gasteiger partial charge in [-0.2, -0.15) is 0 Å². The van der Waals surface area contributed by atoms with Gasteiger partial charge in [-0.3, -0.25) is 31.5 Å². The first kappa shape index (κ1) is 30.5. The summed E-state index contributed by atoms with van der Waals surface area (Å²) >= 11 is 0. The average Bonchev–Trinajstić information content (AvgIpc) is 1.81. The molecule has 0 aliphatic rings. The maximum Gasteiger partial charge on any atom is 1.00 e. The molecule has 6 nitrogen and oxygen atoms in total. The fraction of sp³-hybridized carbons (Fsp3) is 0. The fourth-order valence-electron chi connectivity index (χ4n) is 0. The summed E-state index contributed by atoms with van der Waals surface area (Å²) in [5.74, 6) is 0. The van der Waals surface area contributed by atoms with Gasteiger partial charge in [0.2, 0.25) is 0 Å². The normalized spacial score (nSPS) is 2.25. The van der Waals surface area contributed by atoms with Crippen LogP contribution in [0.3, 0.4) is 0 Å². The van der Waals surface area contributed by atoms with Gasteiger partial charge in [-0.15, -0.1) is 0 Å². The summed E-state index contributed by atoms with van der Waals surface area (Å²) in [5.41, 5.74) is 0. The Labute approximate surface area is 134 Å². The Morgan fingerprint density at radius 2 is 0.500 bits per heavy atom. The van der Waals surface area contributed by atoms with Gasteiger partial charge >= 0.3 is 103 Å². The molecule has 0 radical (unpaired) electrons. The smallest absolute Gasteiger partial charge is 1.00 e. The van der Waals surface area contributed by atoms with E-state index in [4.69, 9.17) is 31.5 Å². The Balaban J connectivity index is -0.00000000225. The number of rotatable bonds is 0. The van der Waals surface area contributed by atoms with Crippen molar-refractivity contribution in [3.8, 4) is 0 Å². The van der Waals surface area contributed by atoms with Crippen molar-refractivity contribution in [3.05, 3.63) is 0 Å². The minimum absolute atomic E-state index is 0. The molecular weight excluding hydrogens is 174 g/mol. The van der Waals surface area contributed by atoms with Crippen molar-refractivity contribution in [2.45, 2.75) is 0 Å². The van der Waals surface area contributed by atoms with Crippen LogP contribution < -0.4 is 103 Å². The van der Waals surface area contributed by atoms with Gasteiger partial charge in [-0.1, -0.05) is 0 Å². The predicted octanol–water partition coefficient (Wildman–Crippen LogP) is -5.71. The van der Waals surface area contributed by atoms with Crippen LogP contribution in [0.15, 0.2) is 0 Å². The van der Waals surface area contributed by atoms with Gasteiger partial charge in [0.05, 0.1) is 0 Å². The van der Waals surface area contributed by atoms with E-state index in [1.165, 1.54) is 0 Å². The monoisotopic (exact) mass is 182 g/mol. The Morgan fingerprint density at radius 3 is 0.500 bits per heavy atom. The van der Waals surface area contributed by atoms with Gasteiger partial charge < -0.3 is 2.85 Å². The summed E-state index contributed by atoms with van der Waals surface area (Å²) in [5, 5.41) is 36.0. The van der Waals surface area contributed by atoms with Crippen molar-refractivity contribution in [2.24, 2.45) is 0 Å². The van der Waals surface area contributed by atoms with E-state index in [0.29, 0.717) is 0 Å². The Morgan fingerprint density at radius 1 is 0.500 bits per heavy atom. The van der Waals surface area contributed by atoms with E-state index in [2.05, 4.69) is 0 Å². The molecule has 0 fully saturated rings.